The van der Waals surface area contributed by atoms with Gasteiger partial charge in [-0.05, 0) is 18.8 Å². The van der Waals surface area contributed by atoms with Crippen molar-refractivity contribution in [1.82, 2.24) is 19.7 Å². The lowest BCUT2D eigenvalue weighted by Crippen LogP contribution is -2.37. The summed E-state index contributed by atoms with van der Waals surface area (Å²) in [6.45, 7) is 2.48. The van der Waals surface area contributed by atoms with E-state index in [4.69, 9.17) is 10.5 Å². The zero-order valence-electron chi connectivity index (χ0n) is 10.6. The molecule has 1 atom stereocenters. The third-order valence-electron chi connectivity index (χ3n) is 3.06. The molecular formula is C11H19N5O2. The van der Waals surface area contributed by atoms with Crippen LogP contribution in [-0.2, 0) is 16.1 Å². The van der Waals surface area contributed by atoms with Crippen LogP contribution >= 0.6 is 0 Å². The van der Waals surface area contributed by atoms with Crippen LogP contribution in [0, 0.1) is 5.92 Å². The van der Waals surface area contributed by atoms with Crippen molar-refractivity contribution in [3.8, 4) is 0 Å². The van der Waals surface area contributed by atoms with Gasteiger partial charge in [-0.3, -0.25) is 4.79 Å². The van der Waals surface area contributed by atoms with Crippen molar-refractivity contribution < 1.29 is 9.53 Å². The number of hydrogen-bond acceptors (Lipinski definition) is 5. The van der Waals surface area contributed by atoms with E-state index in [1.165, 1.54) is 11.0 Å². The van der Waals surface area contributed by atoms with Crippen molar-refractivity contribution in [2.75, 3.05) is 32.5 Å². The van der Waals surface area contributed by atoms with Crippen LogP contribution in [0.1, 0.15) is 12.8 Å². The molecule has 1 aliphatic rings. The Kier molecular flexibility index (Phi) is 4.14. The topological polar surface area (TPSA) is 86.3 Å². The lowest BCUT2D eigenvalue weighted by atomic mass is 10.0. The molecular weight excluding hydrogens is 234 g/mol. The molecule has 18 heavy (non-hydrogen) atoms. The molecule has 1 unspecified atom stereocenters. The molecule has 0 aliphatic carbocycles. The highest BCUT2D eigenvalue weighted by Crippen LogP contribution is 2.14. The molecule has 0 bridgehead atoms. The molecule has 1 saturated heterocycles. The number of nitrogens with zero attached hydrogens (tertiary/aromatic N) is 4. The van der Waals surface area contributed by atoms with Gasteiger partial charge in [0.25, 0.3) is 0 Å². The van der Waals surface area contributed by atoms with Crippen molar-refractivity contribution in [3.63, 3.8) is 0 Å². The number of anilines is 1. The SMILES string of the molecule is CN(CC1CCCOC1)C(=O)Cn1cnc(N)n1. The van der Waals surface area contributed by atoms with Gasteiger partial charge in [-0.15, -0.1) is 5.10 Å². The lowest BCUT2D eigenvalue weighted by Gasteiger charge is -2.27. The number of ether oxygens (including phenoxy) is 1. The zero-order valence-corrected chi connectivity index (χ0v) is 10.6. The van der Waals surface area contributed by atoms with E-state index in [1.807, 2.05) is 0 Å². The Morgan fingerprint density at radius 1 is 1.72 bits per heavy atom. The van der Waals surface area contributed by atoms with Gasteiger partial charge in [0.05, 0.1) is 6.61 Å². The van der Waals surface area contributed by atoms with E-state index in [0.717, 1.165) is 32.6 Å². The smallest absolute Gasteiger partial charge is 0.244 e. The Balaban J connectivity index is 1.80. The van der Waals surface area contributed by atoms with Gasteiger partial charge >= 0.3 is 0 Å². The molecule has 1 aromatic heterocycles. The summed E-state index contributed by atoms with van der Waals surface area (Å²) in [5, 5.41) is 3.89. The zero-order chi connectivity index (χ0) is 13.0. The second-order valence-corrected chi connectivity index (χ2v) is 4.66. The molecule has 1 fully saturated rings. The summed E-state index contributed by atoms with van der Waals surface area (Å²) in [4.78, 5) is 17.5. The molecule has 2 heterocycles. The average molecular weight is 253 g/mol. The maximum Gasteiger partial charge on any atom is 0.244 e. The van der Waals surface area contributed by atoms with E-state index in [9.17, 15) is 4.79 Å². The van der Waals surface area contributed by atoms with Gasteiger partial charge < -0.3 is 15.4 Å². The summed E-state index contributed by atoms with van der Waals surface area (Å²) in [6.07, 6.45) is 3.66. The Labute approximate surface area is 106 Å². The first-order valence-electron chi connectivity index (χ1n) is 6.12. The number of rotatable bonds is 4. The van der Waals surface area contributed by atoms with Crippen molar-refractivity contribution in [2.24, 2.45) is 5.92 Å². The van der Waals surface area contributed by atoms with Gasteiger partial charge in [-0.25, -0.2) is 9.67 Å². The fourth-order valence-electron chi connectivity index (χ4n) is 2.09. The quantitative estimate of drug-likeness (QED) is 0.799. The molecule has 0 saturated carbocycles. The first kappa shape index (κ1) is 12.8. The maximum atomic E-state index is 12.0. The van der Waals surface area contributed by atoms with Crippen LogP contribution in [0.3, 0.4) is 0 Å². The average Bonchev–Trinajstić information content (AvgIpc) is 2.76. The molecule has 1 amide bonds. The van der Waals surface area contributed by atoms with E-state index >= 15 is 0 Å². The Morgan fingerprint density at radius 3 is 3.17 bits per heavy atom. The minimum atomic E-state index is 0.00507. The number of hydrogen-bond donors (Lipinski definition) is 1. The van der Waals surface area contributed by atoms with Crippen LogP contribution < -0.4 is 5.73 Å². The monoisotopic (exact) mass is 253 g/mol. The summed E-state index contributed by atoms with van der Waals surface area (Å²) in [7, 11) is 1.80. The van der Waals surface area contributed by atoms with Gasteiger partial charge in [0.1, 0.15) is 12.9 Å². The van der Waals surface area contributed by atoms with E-state index in [0.29, 0.717) is 5.92 Å². The first-order valence-corrected chi connectivity index (χ1v) is 6.12. The fourth-order valence-corrected chi connectivity index (χ4v) is 2.09. The highest BCUT2D eigenvalue weighted by atomic mass is 16.5. The van der Waals surface area contributed by atoms with E-state index in [-0.39, 0.29) is 18.4 Å². The van der Waals surface area contributed by atoms with Crippen molar-refractivity contribution in [2.45, 2.75) is 19.4 Å². The van der Waals surface area contributed by atoms with Crippen LogP contribution in [0.2, 0.25) is 0 Å². The van der Waals surface area contributed by atoms with Crippen LogP contribution in [0.25, 0.3) is 0 Å². The number of likely N-dealkylation sites (N-methyl/N-ethyl adjacent to an activating group) is 1. The van der Waals surface area contributed by atoms with Gasteiger partial charge in [-0.2, -0.15) is 0 Å². The number of nitrogen functional groups attached to an aromatic ring is 1. The Bertz CT molecular complexity index is 400. The number of carbonyl (C=O) groups excluding carboxylic acids is 1. The highest BCUT2D eigenvalue weighted by molar-refractivity contribution is 5.75. The van der Waals surface area contributed by atoms with Gasteiger partial charge in [0.2, 0.25) is 11.9 Å². The normalized spacial score (nSPS) is 19.7. The second kappa shape index (κ2) is 5.81. The minimum Gasteiger partial charge on any atom is -0.381 e. The van der Waals surface area contributed by atoms with E-state index in [2.05, 4.69) is 10.1 Å². The molecule has 7 heteroatoms. The van der Waals surface area contributed by atoms with Crippen LogP contribution in [0.5, 0.6) is 0 Å². The number of nitrogens with two attached hydrogens (primary N) is 1. The maximum absolute atomic E-state index is 12.0. The Hall–Kier alpha value is -1.63. The van der Waals surface area contributed by atoms with Gasteiger partial charge in [0, 0.05) is 20.2 Å². The van der Waals surface area contributed by atoms with Gasteiger partial charge in [-0.1, -0.05) is 0 Å². The lowest BCUT2D eigenvalue weighted by molar-refractivity contribution is -0.131. The molecule has 2 N–H and O–H groups in total. The molecule has 100 valence electrons. The molecule has 0 radical (unpaired) electrons. The summed E-state index contributed by atoms with van der Waals surface area (Å²) in [5.74, 6) is 0.630. The number of carbonyl (C=O) groups is 1. The third-order valence-corrected chi connectivity index (χ3v) is 3.06. The van der Waals surface area contributed by atoms with Crippen molar-refractivity contribution >= 4 is 11.9 Å². The number of aromatic nitrogens is 3. The van der Waals surface area contributed by atoms with Crippen LogP contribution in [-0.4, -0.2) is 52.4 Å². The molecule has 1 aliphatic heterocycles. The predicted molar refractivity (Wildman–Crippen MR) is 65.6 cm³/mol. The van der Waals surface area contributed by atoms with Crippen molar-refractivity contribution in [3.05, 3.63) is 6.33 Å². The predicted octanol–water partition coefficient (Wildman–Crippen LogP) is -0.255. The third kappa shape index (κ3) is 3.43. The molecule has 1 aromatic rings. The van der Waals surface area contributed by atoms with E-state index in [1.54, 1.807) is 11.9 Å². The molecule has 0 aromatic carbocycles. The highest BCUT2D eigenvalue weighted by Gasteiger charge is 2.19. The largest absolute Gasteiger partial charge is 0.381 e. The summed E-state index contributed by atoms with van der Waals surface area (Å²) >= 11 is 0. The number of amides is 1. The van der Waals surface area contributed by atoms with Gasteiger partial charge in [0.15, 0.2) is 0 Å². The van der Waals surface area contributed by atoms with Crippen LogP contribution in [0.15, 0.2) is 6.33 Å². The first-order chi connectivity index (χ1) is 8.65. The Morgan fingerprint density at radius 2 is 2.56 bits per heavy atom. The minimum absolute atomic E-state index is 0.00507. The fraction of sp³-hybridized carbons (Fsp3) is 0.727. The van der Waals surface area contributed by atoms with Crippen LogP contribution in [0.4, 0.5) is 5.95 Å². The summed E-state index contributed by atoms with van der Waals surface area (Å²) in [5.41, 5.74) is 5.40. The summed E-state index contributed by atoms with van der Waals surface area (Å²) in [6, 6.07) is 0. The second-order valence-electron chi connectivity index (χ2n) is 4.66. The van der Waals surface area contributed by atoms with E-state index < -0.39 is 0 Å². The molecule has 2 rings (SSSR count). The molecule has 0 spiro atoms. The standard InChI is InChI=1S/C11H19N5O2/c1-15(5-9-3-2-4-18-7-9)10(17)6-16-8-13-11(12)14-16/h8-9H,2-7H2,1H3,(H2,12,14). The summed E-state index contributed by atoms with van der Waals surface area (Å²) < 4.78 is 6.85. The van der Waals surface area contributed by atoms with Crippen molar-refractivity contribution in [1.29, 1.82) is 0 Å². The molecule has 7 nitrogen and oxygen atoms in total.